The Hall–Kier alpha value is -2.27. The lowest BCUT2D eigenvalue weighted by atomic mass is 10.0. The van der Waals surface area contributed by atoms with Gasteiger partial charge >= 0.3 is 0 Å². The molecule has 1 aliphatic heterocycles. The molecule has 3 rings (SSSR count). The first-order valence-electron chi connectivity index (χ1n) is 7.49. The van der Waals surface area contributed by atoms with Crippen LogP contribution in [0.15, 0.2) is 47.1 Å². The van der Waals surface area contributed by atoms with Crippen LogP contribution < -0.4 is 4.72 Å². The lowest BCUT2D eigenvalue weighted by Crippen LogP contribution is -2.39. The zero-order chi connectivity index (χ0) is 18.0. The lowest BCUT2D eigenvalue weighted by molar-refractivity contribution is -0.385. The third-order valence-corrected chi connectivity index (χ3v) is 5.77. The minimum atomic E-state index is -3.75. The molecule has 0 aliphatic carbocycles. The third kappa shape index (κ3) is 3.71. The van der Waals surface area contributed by atoms with Gasteiger partial charge in [0, 0.05) is 19.2 Å². The van der Waals surface area contributed by atoms with Gasteiger partial charge < -0.3 is 4.42 Å². The van der Waals surface area contributed by atoms with E-state index in [1.165, 1.54) is 29.5 Å². The quantitative estimate of drug-likeness (QED) is 0.609. The van der Waals surface area contributed by atoms with Crippen LogP contribution in [0.5, 0.6) is 0 Å². The van der Waals surface area contributed by atoms with E-state index in [1.54, 1.807) is 25.2 Å². The van der Waals surface area contributed by atoms with E-state index >= 15 is 0 Å². The van der Waals surface area contributed by atoms with Crippen LogP contribution in [0.2, 0.25) is 0 Å². The maximum Gasteiger partial charge on any atom is 0.269 e. The summed E-state index contributed by atoms with van der Waals surface area (Å²) in [5, 5.41) is 11.5. The molecule has 2 heterocycles. The van der Waals surface area contributed by atoms with Gasteiger partial charge in [-0.3, -0.25) is 15.0 Å². The SMILES string of the molecule is CN1OCC(S(=O)(=O)NCc2ccco2)C1c1cccc([N+](=O)[O-])c1. The first kappa shape index (κ1) is 17.5. The Bertz CT molecular complexity index is 852. The number of rotatable bonds is 6. The molecule has 0 radical (unpaired) electrons. The van der Waals surface area contributed by atoms with Crippen LogP contribution in [-0.4, -0.2) is 37.3 Å². The van der Waals surface area contributed by atoms with Crippen LogP contribution in [0.25, 0.3) is 0 Å². The number of nitro benzene ring substituents is 1. The number of furan rings is 1. The molecular formula is C15H17N3O6S. The molecule has 1 aliphatic rings. The van der Waals surface area contributed by atoms with Gasteiger partial charge in [0.05, 0.1) is 30.4 Å². The lowest BCUT2D eigenvalue weighted by Gasteiger charge is -2.22. The number of nitrogens with one attached hydrogen (secondary N) is 1. The van der Waals surface area contributed by atoms with E-state index < -0.39 is 26.2 Å². The Morgan fingerprint density at radius 3 is 2.84 bits per heavy atom. The van der Waals surface area contributed by atoms with Gasteiger partial charge in [-0.15, -0.1) is 0 Å². The van der Waals surface area contributed by atoms with E-state index in [1.807, 2.05) is 0 Å². The average molecular weight is 367 g/mol. The van der Waals surface area contributed by atoms with E-state index in [0.29, 0.717) is 11.3 Å². The summed E-state index contributed by atoms with van der Waals surface area (Å²) in [4.78, 5) is 15.8. The van der Waals surface area contributed by atoms with Crippen LogP contribution in [-0.2, 0) is 21.4 Å². The van der Waals surface area contributed by atoms with Crippen LogP contribution in [0.1, 0.15) is 17.4 Å². The molecule has 0 saturated carbocycles. The molecule has 10 heteroatoms. The molecule has 134 valence electrons. The molecule has 0 bridgehead atoms. The second kappa shape index (κ2) is 6.92. The highest BCUT2D eigenvalue weighted by Gasteiger charge is 2.43. The van der Waals surface area contributed by atoms with E-state index in [0.717, 1.165) is 0 Å². The average Bonchev–Trinajstić information content (AvgIpc) is 3.23. The molecule has 1 aromatic heterocycles. The molecule has 0 spiro atoms. The van der Waals surface area contributed by atoms with Crippen molar-refractivity contribution < 1.29 is 22.6 Å². The summed E-state index contributed by atoms with van der Waals surface area (Å²) < 4.78 is 33.0. The first-order chi connectivity index (χ1) is 11.9. The van der Waals surface area contributed by atoms with Gasteiger partial charge in [-0.25, -0.2) is 13.1 Å². The molecule has 1 aromatic carbocycles. The molecule has 1 N–H and O–H groups in total. The summed E-state index contributed by atoms with van der Waals surface area (Å²) >= 11 is 0. The zero-order valence-corrected chi connectivity index (χ0v) is 14.2. The van der Waals surface area contributed by atoms with Crippen molar-refractivity contribution in [2.75, 3.05) is 13.7 Å². The number of nitro groups is 1. The van der Waals surface area contributed by atoms with Crippen molar-refractivity contribution >= 4 is 15.7 Å². The molecule has 9 nitrogen and oxygen atoms in total. The van der Waals surface area contributed by atoms with Crippen molar-refractivity contribution in [2.45, 2.75) is 17.8 Å². The van der Waals surface area contributed by atoms with E-state index in [9.17, 15) is 18.5 Å². The summed E-state index contributed by atoms with van der Waals surface area (Å²) in [6.07, 6.45) is 1.46. The van der Waals surface area contributed by atoms with E-state index in [4.69, 9.17) is 9.25 Å². The minimum Gasteiger partial charge on any atom is -0.468 e. The predicted molar refractivity (Wildman–Crippen MR) is 87.8 cm³/mol. The van der Waals surface area contributed by atoms with Crippen molar-refractivity contribution in [2.24, 2.45) is 0 Å². The third-order valence-electron chi connectivity index (χ3n) is 4.04. The van der Waals surface area contributed by atoms with Gasteiger partial charge in [0.2, 0.25) is 10.0 Å². The van der Waals surface area contributed by atoms with Crippen LogP contribution in [0.4, 0.5) is 5.69 Å². The maximum absolute atomic E-state index is 12.7. The fraction of sp³-hybridized carbons (Fsp3) is 0.333. The smallest absolute Gasteiger partial charge is 0.269 e. The first-order valence-corrected chi connectivity index (χ1v) is 9.04. The summed E-state index contributed by atoms with van der Waals surface area (Å²) in [7, 11) is -2.14. The van der Waals surface area contributed by atoms with Crippen LogP contribution >= 0.6 is 0 Å². The van der Waals surface area contributed by atoms with Crippen LogP contribution in [0.3, 0.4) is 0 Å². The van der Waals surface area contributed by atoms with Crippen LogP contribution in [0, 0.1) is 10.1 Å². The van der Waals surface area contributed by atoms with Gasteiger partial charge in [-0.05, 0) is 17.7 Å². The second-order valence-corrected chi connectivity index (χ2v) is 7.61. The summed E-state index contributed by atoms with van der Waals surface area (Å²) in [5.41, 5.74) is 0.403. The van der Waals surface area contributed by atoms with Crippen molar-refractivity contribution in [3.8, 4) is 0 Å². The maximum atomic E-state index is 12.7. The number of non-ortho nitro benzene ring substituents is 1. The summed E-state index contributed by atoms with van der Waals surface area (Å²) in [6, 6.07) is 8.58. The van der Waals surface area contributed by atoms with Crippen molar-refractivity contribution in [3.05, 3.63) is 64.1 Å². The highest BCUT2D eigenvalue weighted by molar-refractivity contribution is 7.90. The normalized spacial score (nSPS) is 21.5. The number of hydrogen-bond acceptors (Lipinski definition) is 7. The van der Waals surface area contributed by atoms with Gasteiger partial charge in [0.25, 0.3) is 5.69 Å². The number of sulfonamides is 1. The molecule has 25 heavy (non-hydrogen) atoms. The minimum absolute atomic E-state index is 0.0250. The Morgan fingerprint density at radius 2 is 2.16 bits per heavy atom. The molecular weight excluding hydrogens is 350 g/mol. The number of hydroxylamine groups is 2. The Balaban J connectivity index is 1.84. The van der Waals surface area contributed by atoms with Gasteiger partial charge in [-0.1, -0.05) is 12.1 Å². The highest BCUT2D eigenvalue weighted by Crippen LogP contribution is 2.34. The van der Waals surface area contributed by atoms with Crippen molar-refractivity contribution in [3.63, 3.8) is 0 Å². The Morgan fingerprint density at radius 1 is 1.36 bits per heavy atom. The fourth-order valence-electron chi connectivity index (χ4n) is 2.79. The van der Waals surface area contributed by atoms with E-state index in [-0.39, 0.29) is 18.8 Å². The second-order valence-electron chi connectivity index (χ2n) is 5.62. The zero-order valence-electron chi connectivity index (χ0n) is 13.4. The Kier molecular flexibility index (Phi) is 4.86. The predicted octanol–water partition coefficient (Wildman–Crippen LogP) is 1.59. The molecule has 2 atom stereocenters. The monoisotopic (exact) mass is 367 g/mol. The van der Waals surface area contributed by atoms with Crippen molar-refractivity contribution in [1.82, 2.24) is 9.79 Å². The molecule has 2 unspecified atom stereocenters. The molecule has 1 saturated heterocycles. The number of benzene rings is 1. The Labute approximate surface area is 144 Å². The van der Waals surface area contributed by atoms with Gasteiger partial charge in [0.15, 0.2) is 0 Å². The fourth-order valence-corrected chi connectivity index (χ4v) is 4.26. The topological polar surface area (TPSA) is 115 Å². The largest absolute Gasteiger partial charge is 0.468 e. The highest BCUT2D eigenvalue weighted by atomic mass is 32.2. The summed E-state index contributed by atoms with van der Waals surface area (Å²) in [6.45, 7) is -0.0193. The van der Waals surface area contributed by atoms with E-state index in [2.05, 4.69) is 4.72 Å². The number of hydrogen-bond donors (Lipinski definition) is 1. The molecule has 1 fully saturated rings. The number of nitrogens with zero attached hydrogens (tertiary/aromatic N) is 2. The molecule has 2 aromatic rings. The van der Waals surface area contributed by atoms with Crippen molar-refractivity contribution in [1.29, 1.82) is 0 Å². The summed E-state index contributed by atoms with van der Waals surface area (Å²) in [5.74, 6) is 0.489. The standard InChI is InChI=1S/C15H17N3O6S/c1-17-15(11-4-2-5-12(8-11)18(19)20)14(10-24-17)25(21,22)16-9-13-6-3-7-23-13/h2-8,14-16H,9-10H2,1H3. The van der Waals surface area contributed by atoms with Gasteiger partial charge in [-0.2, -0.15) is 5.06 Å². The molecule has 0 amide bonds. The van der Waals surface area contributed by atoms with Gasteiger partial charge in [0.1, 0.15) is 11.0 Å².